The molecule has 1 aliphatic carbocycles. The van der Waals surface area contributed by atoms with Crippen LogP contribution < -0.4 is 15.5 Å². The Morgan fingerprint density at radius 3 is 2.66 bits per heavy atom. The molecule has 3 heterocycles. The van der Waals surface area contributed by atoms with Crippen molar-refractivity contribution in [3.05, 3.63) is 53.0 Å². The lowest BCUT2D eigenvalue weighted by atomic mass is 10.0. The number of carbonyl (C=O) groups is 3. The van der Waals surface area contributed by atoms with E-state index in [9.17, 15) is 31.9 Å². The number of fused-ring (bicyclic) bond motifs is 3. The number of carbonyl (C=O) groups excluding carboxylic acids is 3. The number of nitrogens with zero attached hydrogens (tertiary/aromatic N) is 3. The van der Waals surface area contributed by atoms with Gasteiger partial charge in [0.1, 0.15) is 11.9 Å². The predicted octanol–water partition coefficient (Wildman–Crippen LogP) is 2.66. The van der Waals surface area contributed by atoms with Crippen LogP contribution in [0.25, 0.3) is 0 Å². The van der Waals surface area contributed by atoms with E-state index in [2.05, 4.69) is 15.6 Å². The molecule has 1 saturated carbocycles. The lowest BCUT2D eigenvalue weighted by Gasteiger charge is -2.44. The zero-order valence-corrected chi connectivity index (χ0v) is 18.4. The van der Waals surface area contributed by atoms with Gasteiger partial charge in [0.15, 0.2) is 5.82 Å². The maximum atomic E-state index is 13.7. The summed E-state index contributed by atoms with van der Waals surface area (Å²) in [5.74, 6) is -1.85. The van der Waals surface area contributed by atoms with Crippen molar-refractivity contribution >= 4 is 29.2 Å². The van der Waals surface area contributed by atoms with Crippen molar-refractivity contribution in [2.24, 2.45) is 5.92 Å². The van der Waals surface area contributed by atoms with Gasteiger partial charge in [-0.3, -0.25) is 14.4 Å². The molecule has 0 radical (unpaired) electrons. The Balaban J connectivity index is 1.34. The second-order valence-corrected chi connectivity index (χ2v) is 8.89. The lowest BCUT2D eigenvalue weighted by Crippen LogP contribution is -2.61. The van der Waals surface area contributed by atoms with Gasteiger partial charge in [-0.05, 0) is 43.0 Å². The Bertz CT molecular complexity index is 1210. The van der Waals surface area contributed by atoms with E-state index >= 15 is 0 Å². The Morgan fingerprint density at radius 1 is 1.17 bits per heavy atom. The largest absolute Gasteiger partial charge is 0.417 e. The van der Waals surface area contributed by atoms with Crippen molar-refractivity contribution in [2.45, 2.75) is 25.1 Å². The zero-order chi connectivity index (χ0) is 24.9. The van der Waals surface area contributed by atoms with E-state index in [4.69, 9.17) is 0 Å². The Kier molecular flexibility index (Phi) is 5.60. The molecule has 3 amide bonds. The van der Waals surface area contributed by atoms with E-state index in [1.54, 1.807) is 4.90 Å². The van der Waals surface area contributed by atoms with E-state index in [1.807, 2.05) is 0 Å². The van der Waals surface area contributed by atoms with Crippen molar-refractivity contribution in [1.29, 1.82) is 0 Å². The molecule has 2 fully saturated rings. The number of pyridine rings is 1. The van der Waals surface area contributed by atoms with Crippen LogP contribution in [0.3, 0.4) is 0 Å². The van der Waals surface area contributed by atoms with Crippen LogP contribution in [0.15, 0.2) is 30.5 Å². The van der Waals surface area contributed by atoms with Crippen LogP contribution in [0.4, 0.5) is 29.1 Å². The minimum atomic E-state index is -4.84. The smallest absolute Gasteiger partial charge is 0.352 e. The first-order valence-electron chi connectivity index (χ1n) is 11.1. The molecule has 2 aliphatic heterocycles. The van der Waals surface area contributed by atoms with Gasteiger partial charge in [-0.15, -0.1) is 0 Å². The third-order valence-electron chi connectivity index (χ3n) is 6.39. The van der Waals surface area contributed by atoms with Gasteiger partial charge < -0.3 is 20.4 Å². The molecule has 5 rings (SSSR count). The topological polar surface area (TPSA) is 94.6 Å². The van der Waals surface area contributed by atoms with E-state index in [1.165, 1.54) is 12.3 Å². The maximum Gasteiger partial charge on any atom is 0.417 e. The van der Waals surface area contributed by atoms with Crippen LogP contribution in [-0.4, -0.2) is 59.8 Å². The standard InChI is InChI=1S/C23H21F4N5O3/c24-14-3-4-16(23(25,26)27)15(8-14)22(35)31-5-6-32-18(11-31)21(34)30-17-7-13(10-28-19(17)32)20(33)29-9-12-1-2-12/h3-4,7-8,10,12,18H,1-2,5-6,9,11H2,(H,29,33)(H,30,34). The molecule has 1 unspecified atom stereocenters. The monoisotopic (exact) mass is 491 g/mol. The molecular weight excluding hydrogens is 470 g/mol. The fourth-order valence-electron chi connectivity index (χ4n) is 4.34. The molecule has 3 aliphatic rings. The summed E-state index contributed by atoms with van der Waals surface area (Å²) in [4.78, 5) is 45.2. The molecule has 2 aromatic rings. The first-order valence-corrected chi connectivity index (χ1v) is 11.1. The number of rotatable bonds is 4. The lowest BCUT2D eigenvalue weighted by molar-refractivity contribution is -0.138. The molecule has 1 aromatic carbocycles. The predicted molar refractivity (Wildman–Crippen MR) is 116 cm³/mol. The molecule has 2 N–H and O–H groups in total. The Hall–Kier alpha value is -3.70. The average Bonchev–Trinajstić information content (AvgIpc) is 3.65. The summed E-state index contributed by atoms with van der Waals surface area (Å²) in [6.45, 7) is 0.500. The van der Waals surface area contributed by atoms with Crippen LogP contribution in [0, 0.1) is 11.7 Å². The summed E-state index contributed by atoms with van der Waals surface area (Å²) in [5.41, 5.74) is -1.40. The fourth-order valence-corrected chi connectivity index (χ4v) is 4.34. The summed E-state index contributed by atoms with van der Waals surface area (Å²) < 4.78 is 53.8. The molecule has 0 bridgehead atoms. The minimum Gasteiger partial charge on any atom is -0.352 e. The van der Waals surface area contributed by atoms with Gasteiger partial charge in [0, 0.05) is 25.8 Å². The number of anilines is 2. The van der Waals surface area contributed by atoms with Gasteiger partial charge in [-0.2, -0.15) is 13.2 Å². The number of hydrogen-bond donors (Lipinski definition) is 2. The number of hydrogen-bond acceptors (Lipinski definition) is 5. The van der Waals surface area contributed by atoms with Gasteiger partial charge in [-0.25, -0.2) is 9.37 Å². The van der Waals surface area contributed by atoms with Crippen molar-refractivity contribution < 1.29 is 31.9 Å². The second kappa shape index (κ2) is 8.51. The Morgan fingerprint density at radius 2 is 1.94 bits per heavy atom. The number of amides is 3. The minimum absolute atomic E-state index is 0.00116. The molecule has 35 heavy (non-hydrogen) atoms. The van der Waals surface area contributed by atoms with Gasteiger partial charge in [0.05, 0.1) is 28.9 Å². The van der Waals surface area contributed by atoms with E-state index in [-0.39, 0.29) is 25.5 Å². The molecule has 8 nitrogen and oxygen atoms in total. The van der Waals surface area contributed by atoms with Crippen LogP contribution in [0.5, 0.6) is 0 Å². The first kappa shape index (κ1) is 23.1. The molecule has 1 atom stereocenters. The van der Waals surface area contributed by atoms with Crippen LogP contribution in [0.1, 0.15) is 39.1 Å². The summed E-state index contributed by atoms with van der Waals surface area (Å²) in [7, 11) is 0. The molecular formula is C23H21F4N5O3. The van der Waals surface area contributed by atoms with E-state index in [0.29, 0.717) is 47.7 Å². The first-order chi connectivity index (χ1) is 16.6. The van der Waals surface area contributed by atoms with Crippen molar-refractivity contribution in [3.8, 4) is 0 Å². The number of benzene rings is 1. The SMILES string of the molecule is O=C(NCC1CC1)c1cnc2c(c1)NC(=O)C1CN(C(=O)c3cc(F)ccc3C(F)(F)F)CCN21. The van der Waals surface area contributed by atoms with Gasteiger partial charge in [0.2, 0.25) is 5.91 Å². The van der Waals surface area contributed by atoms with Crippen molar-refractivity contribution in [2.75, 3.05) is 36.4 Å². The second-order valence-electron chi connectivity index (χ2n) is 8.89. The van der Waals surface area contributed by atoms with Crippen LogP contribution in [0.2, 0.25) is 0 Å². The summed E-state index contributed by atoms with van der Waals surface area (Å²) in [6, 6.07) is 2.37. The number of halogens is 4. The maximum absolute atomic E-state index is 13.7. The Labute approximate surface area is 197 Å². The van der Waals surface area contributed by atoms with E-state index in [0.717, 1.165) is 17.7 Å². The normalized spacial score (nSPS) is 19.5. The van der Waals surface area contributed by atoms with Crippen molar-refractivity contribution in [1.82, 2.24) is 15.2 Å². The molecule has 12 heteroatoms. The third kappa shape index (κ3) is 4.52. The summed E-state index contributed by atoms with van der Waals surface area (Å²) in [6.07, 6.45) is -1.26. The van der Waals surface area contributed by atoms with Gasteiger partial charge >= 0.3 is 6.18 Å². The number of piperazine rings is 1. The number of aromatic nitrogens is 1. The fraction of sp³-hybridized carbons (Fsp3) is 0.391. The van der Waals surface area contributed by atoms with Gasteiger partial charge in [-0.1, -0.05) is 0 Å². The summed E-state index contributed by atoms with van der Waals surface area (Å²) in [5, 5.41) is 5.51. The van der Waals surface area contributed by atoms with Gasteiger partial charge in [0.25, 0.3) is 11.8 Å². The average molecular weight is 491 g/mol. The molecule has 1 saturated heterocycles. The quantitative estimate of drug-likeness (QED) is 0.642. The van der Waals surface area contributed by atoms with Crippen LogP contribution >= 0.6 is 0 Å². The molecule has 184 valence electrons. The molecule has 0 spiro atoms. The highest BCUT2D eigenvalue weighted by molar-refractivity contribution is 6.05. The van der Waals surface area contributed by atoms with Crippen LogP contribution in [-0.2, 0) is 11.0 Å². The number of nitrogens with one attached hydrogen (secondary N) is 2. The third-order valence-corrected chi connectivity index (χ3v) is 6.39. The van der Waals surface area contributed by atoms with E-state index < -0.39 is 41.0 Å². The highest BCUT2D eigenvalue weighted by atomic mass is 19.4. The summed E-state index contributed by atoms with van der Waals surface area (Å²) >= 11 is 0. The molecule has 1 aromatic heterocycles. The highest BCUT2D eigenvalue weighted by Crippen LogP contribution is 2.35. The number of alkyl halides is 3. The highest BCUT2D eigenvalue weighted by Gasteiger charge is 2.42. The van der Waals surface area contributed by atoms with Crippen molar-refractivity contribution in [3.63, 3.8) is 0 Å². The zero-order valence-electron chi connectivity index (χ0n) is 18.4.